The van der Waals surface area contributed by atoms with Gasteiger partial charge in [-0.05, 0) is 60.1 Å². The minimum Gasteiger partial charge on any atom is -0.494 e. The Bertz CT molecular complexity index is 721. The summed E-state index contributed by atoms with van der Waals surface area (Å²) < 4.78 is 11.5. The molecule has 2 aromatic rings. The summed E-state index contributed by atoms with van der Waals surface area (Å²) in [6, 6.07) is 13.4. The molecule has 2 fully saturated rings. The quantitative estimate of drug-likeness (QED) is 0.752. The second kappa shape index (κ2) is 7.35. The first kappa shape index (κ1) is 16.9. The first-order chi connectivity index (χ1) is 12.3. The zero-order valence-corrected chi connectivity index (χ0v) is 15.2. The van der Waals surface area contributed by atoms with E-state index in [-0.39, 0.29) is 5.54 Å². The molecule has 0 amide bonds. The van der Waals surface area contributed by atoms with Crippen molar-refractivity contribution >= 4 is 10.8 Å². The van der Waals surface area contributed by atoms with Gasteiger partial charge in [-0.1, -0.05) is 44.0 Å². The minimum atomic E-state index is 0.232. The lowest BCUT2D eigenvalue weighted by Gasteiger charge is -2.21. The molecule has 1 heterocycles. The molecule has 2 aromatic carbocycles. The average molecular weight is 339 g/mol. The number of rotatable bonds is 6. The van der Waals surface area contributed by atoms with Gasteiger partial charge in [0, 0.05) is 5.54 Å². The molecule has 0 radical (unpaired) electrons. The smallest absolute Gasteiger partial charge is 0.119 e. The highest BCUT2D eigenvalue weighted by Crippen LogP contribution is 2.43. The van der Waals surface area contributed by atoms with Crippen molar-refractivity contribution in [2.45, 2.75) is 56.9 Å². The van der Waals surface area contributed by atoms with Gasteiger partial charge in [-0.25, -0.2) is 0 Å². The Morgan fingerprint density at radius 1 is 1.16 bits per heavy atom. The lowest BCUT2D eigenvalue weighted by atomic mass is 9.92. The van der Waals surface area contributed by atoms with Gasteiger partial charge in [-0.3, -0.25) is 5.32 Å². The SMILES string of the molecule is CCCCCOc1ccc2cc([C@@H]3CC[C@]4(COCN4)C3)ccc2c1. The molecule has 1 aliphatic heterocycles. The number of fused-ring (bicyclic) bond motifs is 1. The van der Waals surface area contributed by atoms with Crippen LogP contribution < -0.4 is 10.1 Å². The molecular weight excluding hydrogens is 310 g/mol. The van der Waals surface area contributed by atoms with Crippen molar-refractivity contribution in [2.24, 2.45) is 0 Å². The fraction of sp³-hybridized carbons (Fsp3) is 0.545. The van der Waals surface area contributed by atoms with Crippen LogP contribution in [0.15, 0.2) is 36.4 Å². The summed E-state index contributed by atoms with van der Waals surface area (Å²) in [5.41, 5.74) is 1.70. The molecule has 1 aliphatic carbocycles. The second-order valence-electron chi connectivity index (χ2n) is 7.71. The van der Waals surface area contributed by atoms with E-state index < -0.39 is 0 Å². The molecular formula is C22H29NO2. The maximum Gasteiger partial charge on any atom is 0.119 e. The normalized spacial score (nSPS) is 25.9. The Labute approximate surface area is 150 Å². The van der Waals surface area contributed by atoms with Gasteiger partial charge < -0.3 is 9.47 Å². The number of benzene rings is 2. The van der Waals surface area contributed by atoms with E-state index in [1.165, 1.54) is 48.4 Å². The van der Waals surface area contributed by atoms with Crippen molar-refractivity contribution in [3.63, 3.8) is 0 Å². The van der Waals surface area contributed by atoms with E-state index >= 15 is 0 Å². The van der Waals surface area contributed by atoms with Gasteiger partial charge in [0.1, 0.15) is 5.75 Å². The topological polar surface area (TPSA) is 30.5 Å². The highest BCUT2D eigenvalue weighted by atomic mass is 16.5. The lowest BCUT2D eigenvalue weighted by molar-refractivity contribution is 0.177. The number of nitrogens with one attached hydrogen (secondary N) is 1. The van der Waals surface area contributed by atoms with E-state index in [1.807, 2.05) is 0 Å². The van der Waals surface area contributed by atoms with Crippen LogP contribution in [0, 0.1) is 0 Å². The molecule has 0 bridgehead atoms. The van der Waals surface area contributed by atoms with Gasteiger partial charge in [-0.15, -0.1) is 0 Å². The molecule has 1 saturated carbocycles. The maximum absolute atomic E-state index is 5.89. The van der Waals surface area contributed by atoms with Crippen LogP contribution in [0.25, 0.3) is 10.8 Å². The third kappa shape index (κ3) is 3.68. The molecule has 134 valence electrons. The molecule has 0 unspecified atom stereocenters. The summed E-state index contributed by atoms with van der Waals surface area (Å²) in [7, 11) is 0. The van der Waals surface area contributed by atoms with Crippen molar-refractivity contribution in [1.29, 1.82) is 0 Å². The van der Waals surface area contributed by atoms with Crippen LogP contribution in [0.3, 0.4) is 0 Å². The lowest BCUT2D eigenvalue weighted by Crippen LogP contribution is -2.39. The first-order valence-corrected chi connectivity index (χ1v) is 9.77. The second-order valence-corrected chi connectivity index (χ2v) is 7.71. The summed E-state index contributed by atoms with van der Waals surface area (Å²) in [6.45, 7) is 4.62. The largest absolute Gasteiger partial charge is 0.494 e. The predicted octanol–water partition coefficient (Wildman–Crippen LogP) is 4.99. The Morgan fingerprint density at radius 2 is 2.04 bits per heavy atom. The summed E-state index contributed by atoms with van der Waals surface area (Å²) in [4.78, 5) is 0. The van der Waals surface area contributed by atoms with Crippen LogP contribution in [0.4, 0.5) is 0 Å². The zero-order chi connectivity index (χ0) is 17.1. The Kier molecular flexibility index (Phi) is 4.96. The van der Waals surface area contributed by atoms with Gasteiger partial charge in [0.25, 0.3) is 0 Å². The highest BCUT2D eigenvalue weighted by molar-refractivity contribution is 5.84. The summed E-state index contributed by atoms with van der Waals surface area (Å²) in [5.74, 6) is 1.63. The Balaban J connectivity index is 1.45. The van der Waals surface area contributed by atoms with E-state index in [2.05, 4.69) is 48.6 Å². The molecule has 0 aromatic heterocycles. The number of hydrogen-bond donors (Lipinski definition) is 1. The van der Waals surface area contributed by atoms with Crippen molar-refractivity contribution in [1.82, 2.24) is 5.32 Å². The molecule has 3 nitrogen and oxygen atoms in total. The van der Waals surface area contributed by atoms with Crippen molar-refractivity contribution in [3.05, 3.63) is 42.0 Å². The molecule has 2 aliphatic rings. The van der Waals surface area contributed by atoms with Gasteiger partial charge in [0.05, 0.1) is 19.9 Å². The fourth-order valence-electron chi connectivity index (χ4n) is 4.33. The maximum atomic E-state index is 5.89. The number of unbranched alkanes of at least 4 members (excludes halogenated alkanes) is 2. The Hall–Kier alpha value is -1.58. The van der Waals surface area contributed by atoms with Crippen LogP contribution in [-0.2, 0) is 4.74 Å². The zero-order valence-electron chi connectivity index (χ0n) is 15.2. The van der Waals surface area contributed by atoms with Crippen LogP contribution in [0.2, 0.25) is 0 Å². The van der Waals surface area contributed by atoms with Crippen LogP contribution in [0.5, 0.6) is 5.75 Å². The van der Waals surface area contributed by atoms with Crippen molar-refractivity contribution < 1.29 is 9.47 Å². The van der Waals surface area contributed by atoms with Gasteiger partial charge >= 0.3 is 0 Å². The van der Waals surface area contributed by atoms with E-state index in [4.69, 9.17) is 9.47 Å². The number of hydrogen-bond acceptors (Lipinski definition) is 3. The molecule has 1 N–H and O–H groups in total. The highest BCUT2D eigenvalue weighted by Gasteiger charge is 2.42. The monoisotopic (exact) mass is 339 g/mol. The molecule has 2 atom stereocenters. The summed E-state index contributed by atoms with van der Waals surface area (Å²) >= 11 is 0. The van der Waals surface area contributed by atoms with Crippen molar-refractivity contribution in [3.8, 4) is 5.75 Å². The minimum absolute atomic E-state index is 0.232. The number of ether oxygens (including phenoxy) is 2. The van der Waals surface area contributed by atoms with Crippen LogP contribution in [-0.4, -0.2) is 25.5 Å². The molecule has 1 spiro atoms. The molecule has 25 heavy (non-hydrogen) atoms. The summed E-state index contributed by atoms with van der Waals surface area (Å²) in [5, 5.41) is 6.15. The standard InChI is InChI=1S/C22H29NO2/c1-2-3-4-11-25-21-8-7-17-12-18(5-6-19(17)13-21)20-9-10-22(14-20)15-24-16-23-22/h5-8,12-13,20,23H,2-4,9-11,14-16H2,1H3/t20-,22-/m1/s1. The van der Waals surface area contributed by atoms with Crippen molar-refractivity contribution in [2.75, 3.05) is 19.9 Å². The van der Waals surface area contributed by atoms with Gasteiger partial charge in [-0.2, -0.15) is 0 Å². The third-order valence-electron chi connectivity index (χ3n) is 5.86. The molecule has 3 heteroatoms. The van der Waals surface area contributed by atoms with Crippen LogP contribution in [0.1, 0.15) is 56.9 Å². The van der Waals surface area contributed by atoms with Gasteiger partial charge in [0.2, 0.25) is 0 Å². The van der Waals surface area contributed by atoms with E-state index in [1.54, 1.807) is 0 Å². The fourth-order valence-corrected chi connectivity index (χ4v) is 4.33. The average Bonchev–Trinajstić information content (AvgIpc) is 3.28. The first-order valence-electron chi connectivity index (χ1n) is 9.77. The molecule has 4 rings (SSSR count). The summed E-state index contributed by atoms with van der Waals surface area (Å²) in [6.07, 6.45) is 7.26. The predicted molar refractivity (Wildman–Crippen MR) is 102 cm³/mol. The van der Waals surface area contributed by atoms with Crippen LogP contribution >= 0.6 is 0 Å². The third-order valence-corrected chi connectivity index (χ3v) is 5.86. The van der Waals surface area contributed by atoms with E-state index in [0.717, 1.165) is 25.4 Å². The van der Waals surface area contributed by atoms with E-state index in [9.17, 15) is 0 Å². The molecule has 1 saturated heterocycles. The van der Waals surface area contributed by atoms with Gasteiger partial charge in [0.15, 0.2) is 0 Å². The van der Waals surface area contributed by atoms with E-state index in [0.29, 0.717) is 12.6 Å². The Morgan fingerprint density at radius 3 is 2.88 bits per heavy atom.